The van der Waals surface area contributed by atoms with E-state index in [4.69, 9.17) is 4.74 Å². The average Bonchev–Trinajstić information content (AvgIpc) is 2.85. The standard InChI is InChI=1S/C15H19NO3/c1-3-19-15(18)10-14(17)16(2)13-8-7-11-5-4-6-12(11)9-13/h7-9H,3-6,10H2,1-2H3. The molecule has 0 unspecified atom stereocenters. The zero-order valence-electron chi connectivity index (χ0n) is 11.4. The smallest absolute Gasteiger partial charge is 0.315 e. The predicted molar refractivity (Wildman–Crippen MR) is 73.1 cm³/mol. The highest BCUT2D eigenvalue weighted by Crippen LogP contribution is 2.26. The fourth-order valence-electron chi connectivity index (χ4n) is 2.36. The average molecular weight is 261 g/mol. The van der Waals surface area contributed by atoms with Crippen LogP contribution in [0.3, 0.4) is 0 Å². The quantitative estimate of drug-likeness (QED) is 0.616. The molecule has 1 aromatic carbocycles. The number of hydrogen-bond acceptors (Lipinski definition) is 3. The second-order valence-corrected chi connectivity index (χ2v) is 4.74. The summed E-state index contributed by atoms with van der Waals surface area (Å²) in [7, 11) is 1.69. The number of fused-ring (bicyclic) bond motifs is 1. The molecule has 1 aromatic rings. The molecule has 0 saturated heterocycles. The third-order valence-electron chi connectivity index (χ3n) is 3.44. The van der Waals surface area contributed by atoms with Crippen LogP contribution >= 0.6 is 0 Å². The van der Waals surface area contributed by atoms with Gasteiger partial charge in [-0.05, 0) is 49.4 Å². The van der Waals surface area contributed by atoms with E-state index in [1.165, 1.54) is 22.4 Å². The Hall–Kier alpha value is -1.84. The number of carbonyl (C=O) groups is 2. The molecule has 0 fully saturated rings. The van der Waals surface area contributed by atoms with Gasteiger partial charge in [0.1, 0.15) is 6.42 Å². The lowest BCUT2D eigenvalue weighted by Crippen LogP contribution is -2.29. The second kappa shape index (κ2) is 5.87. The van der Waals surface area contributed by atoms with Crippen LogP contribution in [0.4, 0.5) is 5.69 Å². The minimum atomic E-state index is -0.472. The van der Waals surface area contributed by atoms with Gasteiger partial charge in [0, 0.05) is 12.7 Å². The number of esters is 1. The van der Waals surface area contributed by atoms with Gasteiger partial charge < -0.3 is 9.64 Å². The molecule has 102 valence electrons. The molecule has 0 saturated carbocycles. The van der Waals surface area contributed by atoms with Crippen molar-refractivity contribution < 1.29 is 14.3 Å². The van der Waals surface area contributed by atoms with Crippen LogP contribution in [0.1, 0.15) is 30.9 Å². The van der Waals surface area contributed by atoms with Crippen LogP contribution in [-0.2, 0) is 27.2 Å². The number of benzene rings is 1. The van der Waals surface area contributed by atoms with E-state index in [0.717, 1.165) is 18.5 Å². The summed E-state index contributed by atoms with van der Waals surface area (Å²) in [4.78, 5) is 24.8. The minimum Gasteiger partial charge on any atom is -0.466 e. The normalized spacial score (nSPS) is 12.9. The molecule has 4 nitrogen and oxygen atoms in total. The number of nitrogens with zero attached hydrogens (tertiary/aromatic N) is 1. The summed E-state index contributed by atoms with van der Waals surface area (Å²) >= 11 is 0. The number of rotatable bonds is 4. The van der Waals surface area contributed by atoms with Crippen LogP contribution < -0.4 is 4.90 Å². The van der Waals surface area contributed by atoms with Crippen LogP contribution in [-0.4, -0.2) is 25.5 Å². The van der Waals surface area contributed by atoms with Gasteiger partial charge in [0.2, 0.25) is 5.91 Å². The van der Waals surface area contributed by atoms with E-state index in [9.17, 15) is 9.59 Å². The first-order valence-corrected chi connectivity index (χ1v) is 6.65. The molecule has 4 heteroatoms. The highest BCUT2D eigenvalue weighted by Gasteiger charge is 2.18. The van der Waals surface area contributed by atoms with E-state index in [0.29, 0.717) is 6.61 Å². The van der Waals surface area contributed by atoms with Gasteiger partial charge in [-0.15, -0.1) is 0 Å². The SMILES string of the molecule is CCOC(=O)CC(=O)N(C)c1ccc2c(c1)CCC2. The number of amides is 1. The highest BCUT2D eigenvalue weighted by molar-refractivity contribution is 6.03. The van der Waals surface area contributed by atoms with E-state index in [1.54, 1.807) is 14.0 Å². The lowest BCUT2D eigenvalue weighted by Gasteiger charge is -2.18. The fourth-order valence-corrected chi connectivity index (χ4v) is 2.36. The molecule has 0 aliphatic heterocycles. The van der Waals surface area contributed by atoms with Gasteiger partial charge in [0.15, 0.2) is 0 Å². The largest absolute Gasteiger partial charge is 0.466 e. The Balaban J connectivity index is 2.04. The van der Waals surface area contributed by atoms with Crippen molar-refractivity contribution in [3.05, 3.63) is 29.3 Å². The molecule has 1 aliphatic carbocycles. The predicted octanol–water partition coefficient (Wildman–Crippen LogP) is 2.09. The van der Waals surface area contributed by atoms with Crippen LogP contribution in [0.2, 0.25) is 0 Å². The molecule has 0 bridgehead atoms. The van der Waals surface area contributed by atoms with E-state index >= 15 is 0 Å². The lowest BCUT2D eigenvalue weighted by atomic mass is 10.1. The van der Waals surface area contributed by atoms with Gasteiger partial charge >= 0.3 is 5.97 Å². The molecule has 19 heavy (non-hydrogen) atoms. The molecule has 0 spiro atoms. The molecular formula is C15H19NO3. The van der Waals surface area contributed by atoms with E-state index in [2.05, 4.69) is 6.07 Å². The second-order valence-electron chi connectivity index (χ2n) is 4.74. The Morgan fingerprint density at radius 1 is 1.26 bits per heavy atom. The van der Waals surface area contributed by atoms with Gasteiger partial charge in [-0.2, -0.15) is 0 Å². The van der Waals surface area contributed by atoms with Gasteiger partial charge in [0.05, 0.1) is 6.61 Å². The van der Waals surface area contributed by atoms with Gasteiger partial charge in [-0.1, -0.05) is 6.07 Å². The number of ether oxygens (including phenoxy) is 1. The van der Waals surface area contributed by atoms with Crippen molar-refractivity contribution >= 4 is 17.6 Å². The molecule has 0 radical (unpaired) electrons. The maximum Gasteiger partial charge on any atom is 0.315 e. The molecule has 0 heterocycles. The molecule has 0 N–H and O–H groups in total. The Labute approximate surface area is 113 Å². The Morgan fingerprint density at radius 2 is 2.00 bits per heavy atom. The van der Waals surface area contributed by atoms with Crippen molar-refractivity contribution in [1.82, 2.24) is 0 Å². The molecule has 1 aliphatic rings. The summed E-state index contributed by atoms with van der Waals surface area (Å²) in [5, 5.41) is 0. The van der Waals surface area contributed by atoms with Crippen molar-refractivity contribution in [1.29, 1.82) is 0 Å². The molecular weight excluding hydrogens is 242 g/mol. The zero-order chi connectivity index (χ0) is 13.8. The van der Waals surface area contributed by atoms with Crippen LogP contribution in [0.5, 0.6) is 0 Å². The monoisotopic (exact) mass is 261 g/mol. The maximum atomic E-state index is 12.0. The molecule has 1 amide bonds. The lowest BCUT2D eigenvalue weighted by molar-refractivity contribution is -0.145. The van der Waals surface area contributed by atoms with Gasteiger partial charge in [-0.3, -0.25) is 9.59 Å². The summed E-state index contributed by atoms with van der Waals surface area (Å²) in [6.07, 6.45) is 3.17. The third-order valence-corrected chi connectivity index (χ3v) is 3.44. The first-order valence-electron chi connectivity index (χ1n) is 6.65. The fraction of sp³-hybridized carbons (Fsp3) is 0.467. The van der Waals surface area contributed by atoms with E-state index in [1.807, 2.05) is 12.1 Å². The summed E-state index contributed by atoms with van der Waals surface area (Å²) in [5.74, 6) is -0.711. The highest BCUT2D eigenvalue weighted by atomic mass is 16.5. The van der Waals surface area contributed by atoms with Crippen molar-refractivity contribution in [2.45, 2.75) is 32.6 Å². The minimum absolute atomic E-state index is 0.207. The number of hydrogen-bond donors (Lipinski definition) is 0. The first kappa shape index (κ1) is 13.6. The molecule has 2 rings (SSSR count). The summed E-state index contributed by atoms with van der Waals surface area (Å²) < 4.78 is 4.79. The van der Waals surface area contributed by atoms with Crippen molar-refractivity contribution in [2.24, 2.45) is 0 Å². The number of aryl methyl sites for hydroxylation is 2. The van der Waals surface area contributed by atoms with Crippen LogP contribution in [0, 0.1) is 0 Å². The number of carbonyl (C=O) groups excluding carboxylic acids is 2. The van der Waals surface area contributed by atoms with E-state index < -0.39 is 5.97 Å². The van der Waals surface area contributed by atoms with Crippen LogP contribution in [0.25, 0.3) is 0 Å². The van der Waals surface area contributed by atoms with E-state index in [-0.39, 0.29) is 12.3 Å². The maximum absolute atomic E-state index is 12.0. The van der Waals surface area contributed by atoms with Crippen molar-refractivity contribution in [3.63, 3.8) is 0 Å². The van der Waals surface area contributed by atoms with Crippen molar-refractivity contribution in [2.75, 3.05) is 18.6 Å². The number of anilines is 1. The third kappa shape index (κ3) is 3.13. The van der Waals surface area contributed by atoms with Gasteiger partial charge in [-0.25, -0.2) is 0 Å². The first-order chi connectivity index (χ1) is 9.11. The van der Waals surface area contributed by atoms with Crippen molar-refractivity contribution in [3.8, 4) is 0 Å². The molecule has 0 atom stereocenters. The summed E-state index contributed by atoms with van der Waals surface area (Å²) in [5.41, 5.74) is 3.53. The Kier molecular flexibility index (Phi) is 4.20. The summed E-state index contributed by atoms with van der Waals surface area (Å²) in [6.45, 7) is 2.03. The zero-order valence-corrected chi connectivity index (χ0v) is 11.4. The molecule has 0 aromatic heterocycles. The Morgan fingerprint density at radius 3 is 2.74 bits per heavy atom. The Bertz CT molecular complexity index is 496. The van der Waals surface area contributed by atoms with Crippen LogP contribution in [0.15, 0.2) is 18.2 Å². The summed E-state index contributed by atoms with van der Waals surface area (Å²) in [6, 6.07) is 6.06. The topological polar surface area (TPSA) is 46.6 Å². The van der Waals surface area contributed by atoms with Gasteiger partial charge in [0.25, 0.3) is 0 Å².